The van der Waals surface area contributed by atoms with Gasteiger partial charge in [-0.1, -0.05) is 30.2 Å². The van der Waals surface area contributed by atoms with Crippen molar-refractivity contribution in [2.24, 2.45) is 0 Å². The summed E-state index contributed by atoms with van der Waals surface area (Å²) in [4.78, 5) is 12.8. The Kier molecular flexibility index (Phi) is 5.24. The Morgan fingerprint density at radius 1 is 1.12 bits per heavy atom. The monoisotopic (exact) mass is 384 g/mol. The van der Waals surface area contributed by atoms with Crippen molar-refractivity contribution in [1.82, 2.24) is 4.31 Å². The lowest BCUT2D eigenvalue weighted by Crippen LogP contribution is -2.36. The molecule has 0 aliphatic carbocycles. The zero-order chi connectivity index (χ0) is 17.2. The van der Waals surface area contributed by atoms with Crippen LogP contribution in [-0.4, -0.2) is 31.7 Å². The molecule has 8 heteroatoms. The number of piperidine rings is 1. The maximum Gasteiger partial charge on any atom is 0.267 e. The van der Waals surface area contributed by atoms with Crippen LogP contribution >= 0.6 is 22.9 Å². The van der Waals surface area contributed by atoms with E-state index in [-0.39, 0.29) is 9.77 Å². The number of nitrogens with one attached hydrogen (secondary N) is 1. The van der Waals surface area contributed by atoms with Gasteiger partial charge in [-0.3, -0.25) is 4.79 Å². The molecule has 1 amide bonds. The van der Waals surface area contributed by atoms with Crippen LogP contribution in [0.15, 0.2) is 40.6 Å². The fourth-order valence-electron chi connectivity index (χ4n) is 2.65. The van der Waals surface area contributed by atoms with E-state index >= 15 is 0 Å². The maximum absolute atomic E-state index is 12.8. The van der Waals surface area contributed by atoms with Crippen LogP contribution in [0.4, 0.5) is 5.69 Å². The van der Waals surface area contributed by atoms with E-state index in [9.17, 15) is 13.2 Å². The Labute approximate surface area is 150 Å². The first-order valence-electron chi connectivity index (χ1n) is 7.63. The van der Waals surface area contributed by atoms with Gasteiger partial charge >= 0.3 is 0 Å². The first kappa shape index (κ1) is 17.4. The zero-order valence-electron chi connectivity index (χ0n) is 12.9. The van der Waals surface area contributed by atoms with Crippen LogP contribution in [0.5, 0.6) is 0 Å². The lowest BCUT2D eigenvalue weighted by Gasteiger charge is -2.25. The molecule has 5 nitrogen and oxygen atoms in total. The van der Waals surface area contributed by atoms with Gasteiger partial charge in [0.2, 0.25) is 10.0 Å². The Hall–Kier alpha value is -1.41. The van der Waals surface area contributed by atoms with Gasteiger partial charge in [0.15, 0.2) is 0 Å². The molecule has 1 aromatic heterocycles. The van der Waals surface area contributed by atoms with E-state index in [4.69, 9.17) is 11.6 Å². The molecule has 1 aliphatic heterocycles. The summed E-state index contributed by atoms with van der Waals surface area (Å²) < 4.78 is 27.1. The number of benzene rings is 1. The highest BCUT2D eigenvalue weighted by atomic mass is 35.5. The number of sulfonamides is 1. The third kappa shape index (κ3) is 3.49. The van der Waals surface area contributed by atoms with Crippen LogP contribution in [0.2, 0.25) is 5.02 Å². The Bertz CT molecular complexity index is 843. The van der Waals surface area contributed by atoms with E-state index in [0.29, 0.717) is 23.8 Å². The van der Waals surface area contributed by atoms with Crippen molar-refractivity contribution in [1.29, 1.82) is 0 Å². The molecule has 0 spiro atoms. The summed E-state index contributed by atoms with van der Waals surface area (Å²) in [7, 11) is -3.65. The molecule has 24 heavy (non-hydrogen) atoms. The number of hydrogen-bond acceptors (Lipinski definition) is 4. The van der Waals surface area contributed by atoms with E-state index in [0.717, 1.165) is 30.6 Å². The molecule has 0 atom stereocenters. The van der Waals surface area contributed by atoms with Crippen LogP contribution in [0, 0.1) is 0 Å². The molecule has 0 radical (unpaired) electrons. The van der Waals surface area contributed by atoms with Crippen molar-refractivity contribution in [3.8, 4) is 0 Å². The molecule has 0 saturated carbocycles. The van der Waals surface area contributed by atoms with Crippen molar-refractivity contribution in [2.45, 2.75) is 24.2 Å². The average molecular weight is 385 g/mol. The van der Waals surface area contributed by atoms with Gasteiger partial charge < -0.3 is 5.32 Å². The summed E-state index contributed by atoms with van der Waals surface area (Å²) in [6, 6.07) is 8.34. The first-order chi connectivity index (χ1) is 11.5. The van der Waals surface area contributed by atoms with Gasteiger partial charge in [0.05, 0.1) is 10.7 Å². The lowest BCUT2D eigenvalue weighted by atomic mass is 10.2. The van der Waals surface area contributed by atoms with Gasteiger partial charge in [-0.15, -0.1) is 11.3 Å². The average Bonchev–Trinajstić information content (AvgIpc) is 3.08. The number of para-hydroxylation sites is 1. The second-order valence-electron chi connectivity index (χ2n) is 5.51. The Balaban J connectivity index is 1.87. The summed E-state index contributed by atoms with van der Waals surface area (Å²) in [6.45, 7) is 1.01. The summed E-state index contributed by atoms with van der Waals surface area (Å²) in [5.41, 5.74) is 0.457. The number of carbonyl (C=O) groups is 1. The number of amides is 1. The largest absolute Gasteiger partial charge is 0.320 e. The number of hydrogen-bond donors (Lipinski definition) is 1. The number of rotatable bonds is 4. The van der Waals surface area contributed by atoms with Gasteiger partial charge in [-0.2, -0.15) is 4.31 Å². The summed E-state index contributed by atoms with van der Waals surface area (Å²) in [6.07, 6.45) is 2.74. The Morgan fingerprint density at radius 2 is 1.83 bits per heavy atom. The molecular formula is C16H17ClN2O3S2. The number of nitrogens with zero attached hydrogens (tertiary/aromatic N) is 1. The molecule has 1 saturated heterocycles. The minimum Gasteiger partial charge on any atom is -0.320 e. The second-order valence-corrected chi connectivity index (χ2v) is 8.74. The molecule has 0 bridgehead atoms. The number of anilines is 1. The quantitative estimate of drug-likeness (QED) is 0.871. The van der Waals surface area contributed by atoms with Gasteiger partial charge in [0, 0.05) is 13.1 Å². The number of thiophene rings is 1. The Morgan fingerprint density at radius 3 is 2.54 bits per heavy atom. The van der Waals surface area contributed by atoms with Crippen molar-refractivity contribution < 1.29 is 13.2 Å². The van der Waals surface area contributed by atoms with Crippen molar-refractivity contribution in [2.75, 3.05) is 18.4 Å². The van der Waals surface area contributed by atoms with Crippen LogP contribution in [0.1, 0.15) is 28.9 Å². The maximum atomic E-state index is 12.8. The third-order valence-electron chi connectivity index (χ3n) is 3.89. The van der Waals surface area contributed by atoms with Crippen LogP contribution < -0.4 is 5.32 Å². The summed E-state index contributed by atoms with van der Waals surface area (Å²) in [5.74, 6) is -0.464. The molecule has 128 valence electrons. The highest BCUT2D eigenvalue weighted by Gasteiger charge is 2.31. The van der Waals surface area contributed by atoms with Crippen LogP contribution in [-0.2, 0) is 10.0 Å². The molecular weight excluding hydrogens is 368 g/mol. The molecule has 1 aliphatic rings. The molecule has 0 unspecified atom stereocenters. The second kappa shape index (κ2) is 7.23. The fraction of sp³-hybridized carbons (Fsp3) is 0.312. The predicted molar refractivity (Wildman–Crippen MR) is 96.3 cm³/mol. The van der Waals surface area contributed by atoms with Crippen molar-refractivity contribution >= 4 is 44.6 Å². The minimum atomic E-state index is -3.65. The van der Waals surface area contributed by atoms with Crippen molar-refractivity contribution in [3.05, 3.63) is 45.6 Å². The summed E-state index contributed by atoms with van der Waals surface area (Å²) >= 11 is 7.16. The molecule has 1 aromatic carbocycles. The van der Waals surface area contributed by atoms with E-state index in [2.05, 4.69) is 5.32 Å². The van der Waals surface area contributed by atoms with E-state index in [1.807, 2.05) is 0 Å². The van der Waals surface area contributed by atoms with E-state index in [1.165, 1.54) is 10.4 Å². The highest BCUT2D eigenvalue weighted by molar-refractivity contribution is 7.89. The highest BCUT2D eigenvalue weighted by Crippen LogP contribution is 2.29. The third-order valence-corrected chi connectivity index (χ3v) is 7.20. The standard InChI is InChI=1S/C16H17ClN2O3S2/c17-12-6-2-3-7-13(12)18-16(20)15-14(8-11-23-15)24(21,22)19-9-4-1-5-10-19/h2-3,6-8,11H,1,4-5,9-10H2,(H,18,20). The molecule has 3 rings (SSSR count). The fourth-order valence-corrected chi connectivity index (χ4v) is 5.65. The molecule has 2 heterocycles. The SMILES string of the molecule is O=C(Nc1ccccc1Cl)c1sccc1S(=O)(=O)N1CCCCC1. The smallest absolute Gasteiger partial charge is 0.267 e. The lowest BCUT2D eigenvalue weighted by molar-refractivity contribution is 0.102. The van der Waals surface area contributed by atoms with Gasteiger partial charge in [-0.05, 0) is 36.4 Å². The number of carbonyl (C=O) groups excluding carboxylic acids is 1. The zero-order valence-corrected chi connectivity index (χ0v) is 15.3. The normalized spacial score (nSPS) is 16.0. The topological polar surface area (TPSA) is 66.5 Å². The van der Waals surface area contributed by atoms with E-state index in [1.54, 1.807) is 29.6 Å². The van der Waals surface area contributed by atoms with Crippen LogP contribution in [0.3, 0.4) is 0 Å². The van der Waals surface area contributed by atoms with Gasteiger partial charge in [0.1, 0.15) is 9.77 Å². The summed E-state index contributed by atoms with van der Waals surface area (Å²) in [5, 5.41) is 4.71. The van der Waals surface area contributed by atoms with E-state index < -0.39 is 15.9 Å². The van der Waals surface area contributed by atoms with Crippen LogP contribution in [0.25, 0.3) is 0 Å². The first-order valence-corrected chi connectivity index (χ1v) is 10.3. The predicted octanol–water partition coefficient (Wildman–Crippen LogP) is 3.83. The molecule has 2 aromatic rings. The van der Waals surface area contributed by atoms with Crippen molar-refractivity contribution in [3.63, 3.8) is 0 Å². The minimum absolute atomic E-state index is 0.0685. The molecule has 1 fully saturated rings. The number of halogens is 1. The molecule has 1 N–H and O–H groups in total. The van der Waals surface area contributed by atoms with Gasteiger partial charge in [0.25, 0.3) is 5.91 Å². The van der Waals surface area contributed by atoms with Gasteiger partial charge in [-0.25, -0.2) is 8.42 Å².